The zero-order valence-corrected chi connectivity index (χ0v) is 23.8. The van der Waals surface area contributed by atoms with E-state index in [2.05, 4.69) is 18.9 Å². The predicted molar refractivity (Wildman–Crippen MR) is 158 cm³/mol. The van der Waals surface area contributed by atoms with Gasteiger partial charge in [-0.1, -0.05) is 55.5 Å². The number of para-hydroxylation sites is 1. The van der Waals surface area contributed by atoms with Gasteiger partial charge in [0.25, 0.3) is 0 Å². The molecule has 1 aliphatic carbocycles. The maximum absolute atomic E-state index is 14.2. The van der Waals surface area contributed by atoms with Crippen molar-refractivity contribution in [3.05, 3.63) is 71.6 Å². The van der Waals surface area contributed by atoms with Crippen molar-refractivity contribution < 1.29 is 14.3 Å². The van der Waals surface area contributed by atoms with E-state index in [0.717, 1.165) is 62.1 Å². The third kappa shape index (κ3) is 6.48. The summed E-state index contributed by atoms with van der Waals surface area (Å²) in [6.07, 6.45) is 5.80. The van der Waals surface area contributed by atoms with Crippen molar-refractivity contribution in [2.45, 2.75) is 51.5 Å². The molecule has 0 bridgehead atoms. The molecule has 2 aromatic carbocycles. The second-order valence-electron chi connectivity index (χ2n) is 10.6. The molecule has 0 spiro atoms. The van der Waals surface area contributed by atoms with Crippen LogP contribution in [0, 0.1) is 11.8 Å². The average Bonchev–Trinajstić information content (AvgIpc) is 3.36. The van der Waals surface area contributed by atoms with Crippen molar-refractivity contribution in [3.8, 4) is 16.2 Å². The first-order chi connectivity index (χ1) is 18.0. The Morgan fingerprint density at radius 2 is 1.50 bits per heavy atom. The molecule has 3 aromatic rings. The van der Waals surface area contributed by atoms with Gasteiger partial charge in [-0.05, 0) is 88.3 Å². The maximum Gasteiger partial charge on any atom is 0.355 e. The number of halogens is 1. The predicted octanol–water partition coefficient (Wildman–Crippen LogP) is 7.31. The quantitative estimate of drug-likeness (QED) is 0.238. The van der Waals surface area contributed by atoms with Gasteiger partial charge in [0.05, 0.1) is 5.69 Å². The summed E-state index contributed by atoms with van der Waals surface area (Å²) in [5, 5.41) is 0. The molecule has 1 aromatic heterocycles. The molecule has 5 rings (SSSR count). The van der Waals surface area contributed by atoms with Crippen LogP contribution in [0.2, 0.25) is 0 Å². The first-order valence-corrected chi connectivity index (χ1v) is 14.3. The van der Waals surface area contributed by atoms with Crippen LogP contribution < -0.4 is 9.64 Å². The van der Waals surface area contributed by atoms with Crippen molar-refractivity contribution >= 4 is 41.3 Å². The normalized spacial score (nSPS) is 20.4. The molecule has 7 heteroatoms. The van der Waals surface area contributed by atoms with Crippen LogP contribution in [0.1, 0.15) is 55.1 Å². The summed E-state index contributed by atoms with van der Waals surface area (Å²) in [4.78, 5) is 33.6. The third-order valence-electron chi connectivity index (χ3n) is 7.83. The molecule has 5 nitrogen and oxygen atoms in total. The number of ether oxygens (including phenoxy) is 1. The van der Waals surface area contributed by atoms with Gasteiger partial charge in [0.15, 0.2) is 0 Å². The molecule has 0 radical (unpaired) electrons. The highest BCUT2D eigenvalue weighted by Gasteiger charge is 2.37. The zero-order chi connectivity index (χ0) is 25.8. The molecule has 38 heavy (non-hydrogen) atoms. The smallest absolute Gasteiger partial charge is 0.355 e. The van der Waals surface area contributed by atoms with Gasteiger partial charge >= 0.3 is 5.97 Å². The summed E-state index contributed by atoms with van der Waals surface area (Å²) in [7, 11) is 2.13. The largest absolute Gasteiger partial charge is 0.422 e. The molecule has 1 aliphatic heterocycles. The number of esters is 1. The molecular weight excluding hydrogens is 516 g/mol. The minimum atomic E-state index is -0.406. The van der Waals surface area contributed by atoms with E-state index in [-0.39, 0.29) is 30.3 Å². The minimum Gasteiger partial charge on any atom is -0.422 e. The van der Waals surface area contributed by atoms with Gasteiger partial charge in [0, 0.05) is 16.8 Å². The van der Waals surface area contributed by atoms with Gasteiger partial charge in [0.1, 0.15) is 10.6 Å². The highest BCUT2D eigenvalue weighted by atomic mass is 35.5. The number of likely N-dealkylation sites (tertiary alicyclic amines) is 1. The lowest BCUT2D eigenvalue weighted by molar-refractivity contribution is -0.124. The number of amides is 1. The van der Waals surface area contributed by atoms with Crippen LogP contribution >= 0.6 is 23.7 Å². The monoisotopic (exact) mass is 552 g/mol. The Bertz CT molecular complexity index is 1200. The Hall–Kier alpha value is -2.67. The standard InChI is InChI=1S/C31H36N2O3S.ClH/c1-22-13-15-24(16-14-22)30(34)33(25-17-19-32(2)20-18-25)27-21-28(23-9-5-3-6-10-23)37-29(27)31(35)36-26-11-7-4-8-12-26;/h3-12,21-22,24-25H,13-20H2,1-2H3;1H. The van der Waals surface area contributed by atoms with E-state index in [9.17, 15) is 9.59 Å². The molecule has 0 unspecified atom stereocenters. The number of benzene rings is 2. The first kappa shape index (κ1) is 28.3. The number of rotatable bonds is 6. The van der Waals surface area contributed by atoms with Gasteiger partial charge in [-0.15, -0.1) is 23.7 Å². The van der Waals surface area contributed by atoms with E-state index in [1.54, 1.807) is 12.1 Å². The van der Waals surface area contributed by atoms with Gasteiger partial charge in [-0.3, -0.25) is 4.79 Å². The summed E-state index contributed by atoms with van der Waals surface area (Å²) in [5.41, 5.74) is 1.75. The SMILES string of the molecule is CC1CCC(C(=O)N(c2cc(-c3ccccc3)sc2C(=O)Oc2ccccc2)C2CCN(C)CC2)CC1.Cl. The summed E-state index contributed by atoms with van der Waals surface area (Å²) in [6.45, 7) is 4.16. The van der Waals surface area contributed by atoms with Crippen molar-refractivity contribution in [3.63, 3.8) is 0 Å². The topological polar surface area (TPSA) is 49.9 Å². The van der Waals surface area contributed by atoms with Gasteiger partial charge < -0.3 is 14.5 Å². The number of piperidine rings is 1. The molecule has 0 N–H and O–H groups in total. The Morgan fingerprint density at radius 3 is 2.13 bits per heavy atom. The van der Waals surface area contributed by atoms with Crippen molar-refractivity contribution in [1.29, 1.82) is 0 Å². The second kappa shape index (κ2) is 12.9. The van der Waals surface area contributed by atoms with E-state index in [1.165, 1.54) is 11.3 Å². The van der Waals surface area contributed by atoms with E-state index in [1.807, 2.05) is 59.5 Å². The fraction of sp³-hybridized carbons (Fsp3) is 0.419. The number of hydrogen-bond acceptors (Lipinski definition) is 5. The summed E-state index contributed by atoms with van der Waals surface area (Å²) >= 11 is 1.42. The number of anilines is 1. The lowest BCUT2D eigenvalue weighted by Gasteiger charge is -2.40. The molecule has 0 atom stereocenters. The molecule has 1 amide bonds. The molecular formula is C31H37ClN2O3S. The van der Waals surface area contributed by atoms with Crippen LogP contribution in [-0.4, -0.2) is 43.0 Å². The van der Waals surface area contributed by atoms with Crippen molar-refractivity contribution in [2.24, 2.45) is 11.8 Å². The Morgan fingerprint density at radius 1 is 0.895 bits per heavy atom. The average molecular weight is 553 g/mol. The lowest BCUT2D eigenvalue weighted by Crippen LogP contribution is -2.49. The first-order valence-electron chi connectivity index (χ1n) is 13.5. The van der Waals surface area contributed by atoms with E-state index in [0.29, 0.717) is 22.2 Å². The molecule has 1 saturated heterocycles. The van der Waals surface area contributed by atoms with E-state index < -0.39 is 5.97 Å². The van der Waals surface area contributed by atoms with Crippen LogP contribution in [0.25, 0.3) is 10.4 Å². The van der Waals surface area contributed by atoms with Crippen LogP contribution in [0.15, 0.2) is 66.7 Å². The van der Waals surface area contributed by atoms with E-state index in [4.69, 9.17) is 4.74 Å². The highest BCUT2D eigenvalue weighted by molar-refractivity contribution is 7.18. The maximum atomic E-state index is 14.2. The molecule has 2 fully saturated rings. The highest BCUT2D eigenvalue weighted by Crippen LogP contribution is 2.41. The fourth-order valence-corrected chi connectivity index (χ4v) is 6.58. The van der Waals surface area contributed by atoms with Crippen molar-refractivity contribution in [1.82, 2.24) is 4.90 Å². The number of nitrogens with zero attached hydrogens (tertiary/aromatic N) is 2. The minimum absolute atomic E-state index is 0. The summed E-state index contributed by atoms with van der Waals surface area (Å²) in [6, 6.07) is 21.4. The van der Waals surface area contributed by atoms with E-state index >= 15 is 0 Å². The Kier molecular flexibility index (Phi) is 9.64. The van der Waals surface area contributed by atoms with Gasteiger partial charge in [-0.2, -0.15) is 0 Å². The summed E-state index contributed by atoms with van der Waals surface area (Å²) in [5.74, 6) is 0.951. The van der Waals surface area contributed by atoms with Gasteiger partial charge in [0.2, 0.25) is 5.91 Å². The van der Waals surface area contributed by atoms with Crippen LogP contribution in [0.3, 0.4) is 0 Å². The second-order valence-corrected chi connectivity index (χ2v) is 11.6. The fourth-order valence-electron chi connectivity index (χ4n) is 5.55. The van der Waals surface area contributed by atoms with Crippen LogP contribution in [0.5, 0.6) is 5.75 Å². The van der Waals surface area contributed by atoms with Crippen LogP contribution in [0.4, 0.5) is 5.69 Å². The molecule has 202 valence electrons. The zero-order valence-electron chi connectivity index (χ0n) is 22.2. The number of carbonyl (C=O) groups excluding carboxylic acids is 2. The summed E-state index contributed by atoms with van der Waals surface area (Å²) < 4.78 is 5.81. The molecule has 2 heterocycles. The number of carbonyl (C=O) groups is 2. The third-order valence-corrected chi connectivity index (χ3v) is 8.98. The number of hydrogen-bond donors (Lipinski definition) is 0. The Labute approximate surface area is 236 Å². The number of thiophene rings is 1. The van der Waals surface area contributed by atoms with Crippen molar-refractivity contribution in [2.75, 3.05) is 25.0 Å². The molecule has 2 aliphatic rings. The van der Waals surface area contributed by atoms with Crippen LogP contribution in [-0.2, 0) is 4.79 Å². The Balaban J connectivity index is 0.00000336. The lowest BCUT2D eigenvalue weighted by atomic mass is 9.82. The van der Waals surface area contributed by atoms with Gasteiger partial charge in [-0.25, -0.2) is 4.79 Å². The molecule has 1 saturated carbocycles.